The lowest BCUT2D eigenvalue weighted by Gasteiger charge is -2.39. The number of hydrogen-bond donors (Lipinski definition) is 3. The van der Waals surface area contributed by atoms with Gasteiger partial charge in [0.05, 0.1) is 11.3 Å². The maximum absolute atomic E-state index is 12.6. The van der Waals surface area contributed by atoms with Crippen LogP contribution in [0.5, 0.6) is 0 Å². The molecule has 0 radical (unpaired) electrons. The zero-order valence-electron chi connectivity index (χ0n) is 22.6. The van der Waals surface area contributed by atoms with E-state index in [4.69, 9.17) is 16.6 Å². The lowest BCUT2D eigenvalue weighted by Crippen LogP contribution is -2.42. The van der Waals surface area contributed by atoms with Gasteiger partial charge in [-0.1, -0.05) is 29.8 Å². The molecule has 0 saturated carbocycles. The van der Waals surface area contributed by atoms with Crippen LogP contribution in [0.25, 0.3) is 5.65 Å². The number of rotatable bonds is 7. The molecule has 5 aromatic rings. The fourth-order valence-electron chi connectivity index (χ4n) is 5.19. The van der Waals surface area contributed by atoms with Crippen LogP contribution in [0, 0.1) is 6.92 Å². The molecule has 1 amide bonds. The molecule has 41 heavy (non-hydrogen) atoms. The van der Waals surface area contributed by atoms with E-state index >= 15 is 0 Å². The quantitative estimate of drug-likeness (QED) is 0.247. The number of amides is 1. The second kappa shape index (κ2) is 11.2. The largest absolute Gasteiger partial charge is 0.385 e. The van der Waals surface area contributed by atoms with Crippen molar-refractivity contribution in [2.24, 2.45) is 0 Å². The minimum Gasteiger partial charge on any atom is -0.385 e. The third-order valence-electron chi connectivity index (χ3n) is 7.44. The molecule has 0 unspecified atom stereocenters. The molecule has 3 N–H and O–H groups in total. The number of fused-ring (bicyclic) bond motifs is 1. The molecule has 10 heteroatoms. The van der Waals surface area contributed by atoms with Gasteiger partial charge in [-0.3, -0.25) is 9.78 Å². The summed E-state index contributed by atoms with van der Waals surface area (Å²) in [6.07, 6.45) is 6.59. The summed E-state index contributed by atoms with van der Waals surface area (Å²) >= 11 is 6.03. The molecule has 1 fully saturated rings. The van der Waals surface area contributed by atoms with Gasteiger partial charge in [-0.05, 0) is 85.0 Å². The van der Waals surface area contributed by atoms with Crippen molar-refractivity contribution in [3.8, 4) is 0 Å². The van der Waals surface area contributed by atoms with Crippen LogP contribution in [0.3, 0.4) is 0 Å². The second-order valence-electron chi connectivity index (χ2n) is 10.4. The van der Waals surface area contributed by atoms with Crippen molar-refractivity contribution in [3.05, 3.63) is 113 Å². The molecule has 1 aliphatic heterocycles. The molecule has 208 valence electrons. The highest BCUT2D eigenvalue weighted by Gasteiger charge is 2.34. The van der Waals surface area contributed by atoms with E-state index in [0.29, 0.717) is 49.0 Å². The SMILES string of the molecule is Cc1cncc(CNC(=O)c2ccc(Nc3nc4c(N5CCC(O)(c6ccc(Cl)cc6)CC5)cccn4n3)cc2)c1. The highest BCUT2D eigenvalue weighted by Crippen LogP contribution is 2.36. The number of aromatic nitrogens is 4. The number of anilines is 3. The highest BCUT2D eigenvalue weighted by molar-refractivity contribution is 6.30. The van der Waals surface area contributed by atoms with Crippen molar-refractivity contribution in [1.29, 1.82) is 0 Å². The number of aryl methyl sites for hydroxylation is 1. The van der Waals surface area contributed by atoms with Crippen LogP contribution in [-0.4, -0.2) is 43.7 Å². The second-order valence-corrected chi connectivity index (χ2v) is 10.8. The van der Waals surface area contributed by atoms with Gasteiger partial charge in [-0.25, -0.2) is 4.52 Å². The Morgan fingerprint density at radius 3 is 2.54 bits per heavy atom. The smallest absolute Gasteiger partial charge is 0.251 e. The Balaban J connectivity index is 1.11. The fourth-order valence-corrected chi connectivity index (χ4v) is 5.32. The van der Waals surface area contributed by atoms with Crippen LogP contribution in [0.4, 0.5) is 17.3 Å². The van der Waals surface area contributed by atoms with E-state index in [1.807, 2.05) is 67.7 Å². The number of hydrogen-bond acceptors (Lipinski definition) is 7. The monoisotopic (exact) mass is 567 g/mol. The van der Waals surface area contributed by atoms with Crippen LogP contribution >= 0.6 is 11.6 Å². The molecule has 6 rings (SSSR count). The number of nitrogens with one attached hydrogen (secondary N) is 2. The van der Waals surface area contributed by atoms with Crippen molar-refractivity contribution in [2.75, 3.05) is 23.3 Å². The van der Waals surface area contributed by atoms with E-state index in [1.54, 1.807) is 29.0 Å². The Morgan fingerprint density at radius 2 is 1.80 bits per heavy atom. The van der Waals surface area contributed by atoms with E-state index in [0.717, 1.165) is 33.7 Å². The summed E-state index contributed by atoms with van der Waals surface area (Å²) in [5.74, 6) is 0.300. The van der Waals surface area contributed by atoms with Gasteiger partial charge in [-0.15, -0.1) is 5.10 Å². The lowest BCUT2D eigenvalue weighted by molar-refractivity contribution is 0.0118. The number of halogens is 1. The van der Waals surface area contributed by atoms with Crippen molar-refractivity contribution in [3.63, 3.8) is 0 Å². The zero-order valence-corrected chi connectivity index (χ0v) is 23.3. The summed E-state index contributed by atoms with van der Waals surface area (Å²) in [6.45, 7) is 3.75. The first-order valence-corrected chi connectivity index (χ1v) is 13.9. The summed E-state index contributed by atoms with van der Waals surface area (Å²) in [5.41, 5.74) is 5.04. The lowest BCUT2D eigenvalue weighted by atomic mass is 9.84. The number of benzene rings is 2. The van der Waals surface area contributed by atoms with E-state index in [-0.39, 0.29) is 5.91 Å². The Morgan fingerprint density at radius 1 is 1.05 bits per heavy atom. The highest BCUT2D eigenvalue weighted by atomic mass is 35.5. The van der Waals surface area contributed by atoms with Gasteiger partial charge in [0, 0.05) is 54.5 Å². The van der Waals surface area contributed by atoms with Crippen molar-refractivity contribution < 1.29 is 9.90 Å². The summed E-state index contributed by atoms with van der Waals surface area (Å²) in [5, 5.41) is 22.7. The molecule has 1 saturated heterocycles. The summed E-state index contributed by atoms with van der Waals surface area (Å²) in [4.78, 5) is 23.8. The number of aliphatic hydroxyl groups is 1. The Kier molecular flexibility index (Phi) is 7.30. The minimum atomic E-state index is -0.882. The van der Waals surface area contributed by atoms with Crippen LogP contribution < -0.4 is 15.5 Å². The molecule has 1 aliphatic rings. The van der Waals surface area contributed by atoms with Gasteiger partial charge < -0.3 is 20.6 Å². The Hall–Kier alpha value is -4.47. The molecule has 0 aliphatic carbocycles. The van der Waals surface area contributed by atoms with Crippen molar-refractivity contribution >= 4 is 40.5 Å². The number of pyridine rings is 2. The van der Waals surface area contributed by atoms with Gasteiger partial charge in [0.2, 0.25) is 5.95 Å². The van der Waals surface area contributed by atoms with E-state index in [2.05, 4.69) is 25.6 Å². The van der Waals surface area contributed by atoms with E-state index in [9.17, 15) is 9.90 Å². The summed E-state index contributed by atoms with van der Waals surface area (Å²) in [6, 6.07) is 20.6. The number of carbonyl (C=O) groups excluding carboxylic acids is 1. The van der Waals surface area contributed by atoms with Gasteiger partial charge in [0.1, 0.15) is 0 Å². The normalized spacial score (nSPS) is 14.7. The molecule has 4 heterocycles. The van der Waals surface area contributed by atoms with Gasteiger partial charge in [0.15, 0.2) is 5.65 Å². The number of nitrogens with zero attached hydrogens (tertiary/aromatic N) is 5. The first kappa shape index (κ1) is 26.7. The first-order chi connectivity index (χ1) is 19.9. The predicted octanol–water partition coefficient (Wildman–Crippen LogP) is 5.25. The topological polar surface area (TPSA) is 108 Å². The van der Waals surface area contributed by atoms with Gasteiger partial charge in [0.25, 0.3) is 5.91 Å². The molecule has 0 atom stereocenters. The van der Waals surface area contributed by atoms with Gasteiger partial charge >= 0.3 is 0 Å². The van der Waals surface area contributed by atoms with Crippen molar-refractivity contribution in [1.82, 2.24) is 24.9 Å². The van der Waals surface area contributed by atoms with Crippen molar-refractivity contribution in [2.45, 2.75) is 31.9 Å². The molecule has 2 aromatic carbocycles. The molecule has 3 aromatic heterocycles. The molecular weight excluding hydrogens is 538 g/mol. The average Bonchev–Trinajstić information content (AvgIpc) is 3.40. The van der Waals surface area contributed by atoms with Gasteiger partial charge in [-0.2, -0.15) is 4.98 Å². The van der Waals surface area contributed by atoms with E-state index in [1.165, 1.54) is 0 Å². The average molecular weight is 568 g/mol. The Bertz CT molecular complexity index is 1680. The summed E-state index contributed by atoms with van der Waals surface area (Å²) in [7, 11) is 0. The van der Waals surface area contributed by atoms with E-state index < -0.39 is 5.60 Å². The summed E-state index contributed by atoms with van der Waals surface area (Å²) < 4.78 is 1.75. The Labute approximate surface area is 242 Å². The number of piperidine rings is 1. The maximum atomic E-state index is 12.6. The molecule has 9 nitrogen and oxygen atoms in total. The van der Waals surface area contributed by atoms with Crippen LogP contribution in [0.15, 0.2) is 85.3 Å². The third-order valence-corrected chi connectivity index (χ3v) is 7.69. The number of carbonyl (C=O) groups is 1. The fraction of sp³-hybridized carbons (Fsp3) is 0.226. The predicted molar refractivity (Wildman–Crippen MR) is 160 cm³/mol. The molecule has 0 spiro atoms. The zero-order chi connectivity index (χ0) is 28.4. The van der Waals surface area contributed by atoms with Crippen LogP contribution in [0.1, 0.15) is 39.9 Å². The minimum absolute atomic E-state index is 0.155. The standard InChI is InChI=1S/C31H30ClN7O2/c1-21-17-22(19-33-18-21)20-34-29(40)23-4-10-26(11-5-23)35-30-36-28-27(3-2-14-39(28)37-30)38-15-12-31(41,13-16-38)24-6-8-25(32)9-7-24/h2-11,14,17-19,41H,12-13,15-16,20H2,1H3,(H,34,40)(H,35,37). The van der Waals surface area contributed by atoms with Crippen LogP contribution in [0.2, 0.25) is 5.02 Å². The maximum Gasteiger partial charge on any atom is 0.251 e. The third kappa shape index (κ3) is 5.86. The molecular formula is C31H30ClN7O2. The first-order valence-electron chi connectivity index (χ1n) is 13.5. The molecule has 0 bridgehead atoms. The van der Waals surface area contributed by atoms with Crippen LogP contribution in [-0.2, 0) is 12.1 Å².